The first-order valence-corrected chi connectivity index (χ1v) is 8.65. The second-order valence-electron chi connectivity index (χ2n) is 6.11. The van der Waals surface area contributed by atoms with E-state index in [-0.39, 0.29) is 6.42 Å². The second-order valence-corrected chi connectivity index (χ2v) is 7.02. The minimum absolute atomic E-state index is 0.323. The molecule has 0 radical (unpaired) electrons. The molecule has 0 unspecified atom stereocenters. The van der Waals surface area contributed by atoms with Gasteiger partial charge in [-0.1, -0.05) is 5.92 Å². The highest BCUT2D eigenvalue weighted by molar-refractivity contribution is 7.10. The number of aromatic nitrogens is 1. The maximum Gasteiger partial charge on any atom is 0.425 e. The van der Waals surface area contributed by atoms with E-state index in [2.05, 4.69) is 26.6 Å². The zero-order valence-electron chi connectivity index (χ0n) is 14.1. The van der Waals surface area contributed by atoms with Gasteiger partial charge in [-0.3, -0.25) is 4.98 Å². The third-order valence-corrected chi connectivity index (χ3v) is 5.22. The normalized spacial score (nSPS) is 22.8. The molecule has 0 aromatic carbocycles. The molecule has 0 saturated heterocycles. The summed E-state index contributed by atoms with van der Waals surface area (Å²) in [5.41, 5.74) is 6.88. The van der Waals surface area contributed by atoms with E-state index in [4.69, 9.17) is 5.73 Å². The van der Waals surface area contributed by atoms with Crippen LogP contribution in [0.5, 0.6) is 0 Å². The molecule has 3 heterocycles. The molecule has 26 heavy (non-hydrogen) atoms. The fraction of sp³-hybridized carbons (Fsp3) is 0.333. The number of amidine groups is 1. The number of hydrogen-bond donors (Lipinski definition) is 1. The fourth-order valence-electron chi connectivity index (χ4n) is 2.78. The van der Waals surface area contributed by atoms with Gasteiger partial charge in [-0.25, -0.2) is 4.99 Å². The zero-order chi connectivity index (χ0) is 18.9. The third kappa shape index (κ3) is 3.68. The molecule has 0 saturated carbocycles. The molecule has 1 aliphatic rings. The number of rotatable bonds is 2. The lowest BCUT2D eigenvalue weighted by atomic mass is 9.91. The van der Waals surface area contributed by atoms with Gasteiger partial charge in [-0.15, -0.1) is 17.3 Å². The standard InChI is InChI=1S/C18H16F3N3OS/c1-3-4-11-5-12(9-23-8-11)13-6-15(26-10-13)17(2)7-14(18(19,20)21)25-16(22)24-17/h5-6,8-10,14H,7H2,1-2H3,(H2,22,24)/t14-,17-/m0/s1. The smallest absolute Gasteiger partial charge is 0.425 e. The Morgan fingerprint density at radius 3 is 2.77 bits per heavy atom. The molecule has 0 bridgehead atoms. The number of nitrogens with two attached hydrogens (primary N) is 1. The first kappa shape index (κ1) is 18.3. The van der Waals surface area contributed by atoms with Gasteiger partial charge >= 0.3 is 6.18 Å². The van der Waals surface area contributed by atoms with Crippen molar-refractivity contribution in [3.05, 3.63) is 40.3 Å². The van der Waals surface area contributed by atoms with Crippen LogP contribution in [0.15, 0.2) is 34.9 Å². The van der Waals surface area contributed by atoms with E-state index in [1.807, 2.05) is 17.5 Å². The molecular formula is C18H16F3N3OS. The molecule has 0 aliphatic carbocycles. The van der Waals surface area contributed by atoms with E-state index >= 15 is 0 Å². The molecule has 2 atom stereocenters. The maximum absolute atomic E-state index is 13.1. The summed E-state index contributed by atoms with van der Waals surface area (Å²) >= 11 is 1.33. The summed E-state index contributed by atoms with van der Waals surface area (Å²) in [5, 5.41) is 1.87. The minimum atomic E-state index is -4.50. The van der Waals surface area contributed by atoms with E-state index in [0.29, 0.717) is 4.88 Å². The predicted octanol–water partition coefficient (Wildman–Crippen LogP) is 4.06. The van der Waals surface area contributed by atoms with Gasteiger partial charge in [0.1, 0.15) is 5.54 Å². The van der Waals surface area contributed by atoms with Crippen molar-refractivity contribution in [2.45, 2.75) is 38.1 Å². The van der Waals surface area contributed by atoms with Gasteiger partial charge in [-0.05, 0) is 36.9 Å². The van der Waals surface area contributed by atoms with Crippen LogP contribution in [-0.4, -0.2) is 23.3 Å². The van der Waals surface area contributed by atoms with Gasteiger partial charge in [0, 0.05) is 34.8 Å². The van der Waals surface area contributed by atoms with Crippen molar-refractivity contribution in [3.63, 3.8) is 0 Å². The van der Waals surface area contributed by atoms with Gasteiger partial charge in [0.15, 0.2) is 6.10 Å². The molecule has 0 amide bonds. The summed E-state index contributed by atoms with van der Waals surface area (Å²) < 4.78 is 44.0. The van der Waals surface area contributed by atoms with Gasteiger partial charge in [-0.2, -0.15) is 13.2 Å². The Hall–Kier alpha value is -2.53. The number of ether oxygens (including phenoxy) is 1. The van der Waals surface area contributed by atoms with E-state index in [0.717, 1.165) is 16.7 Å². The summed E-state index contributed by atoms with van der Waals surface area (Å²) in [6, 6.07) is 3.26. The van der Waals surface area contributed by atoms with E-state index in [1.54, 1.807) is 26.2 Å². The van der Waals surface area contributed by atoms with Crippen LogP contribution in [-0.2, 0) is 10.3 Å². The lowest BCUT2D eigenvalue weighted by molar-refractivity contribution is -0.208. The Bertz CT molecular complexity index is 910. The summed E-state index contributed by atoms with van der Waals surface area (Å²) in [6.45, 7) is 3.37. The summed E-state index contributed by atoms with van der Waals surface area (Å²) in [6.07, 6.45) is -3.45. The van der Waals surface area contributed by atoms with Crippen molar-refractivity contribution in [2.24, 2.45) is 10.7 Å². The Kier molecular flexibility index (Phi) is 4.67. The van der Waals surface area contributed by atoms with Crippen molar-refractivity contribution in [1.29, 1.82) is 0 Å². The SMILES string of the molecule is CC#Cc1cncc(-c2csc([C@]3(C)C[C@@H](C(F)(F)F)OC(N)=N3)c2)c1. The number of halogens is 3. The molecule has 1 aliphatic heterocycles. The lowest BCUT2D eigenvalue weighted by Gasteiger charge is -2.34. The maximum atomic E-state index is 13.1. The monoisotopic (exact) mass is 379 g/mol. The largest absolute Gasteiger partial charge is 0.452 e. The topological polar surface area (TPSA) is 60.5 Å². The van der Waals surface area contributed by atoms with Crippen molar-refractivity contribution in [2.75, 3.05) is 0 Å². The van der Waals surface area contributed by atoms with Gasteiger partial charge < -0.3 is 10.5 Å². The second kappa shape index (κ2) is 6.65. The first-order chi connectivity index (χ1) is 12.2. The number of alkyl halides is 3. The third-order valence-electron chi connectivity index (χ3n) is 4.04. The highest BCUT2D eigenvalue weighted by atomic mass is 32.1. The fourth-order valence-corrected chi connectivity index (χ4v) is 3.82. The molecule has 0 fully saturated rings. The van der Waals surface area contributed by atoms with Crippen LogP contribution in [0, 0.1) is 11.8 Å². The van der Waals surface area contributed by atoms with Crippen LogP contribution in [0.1, 0.15) is 30.7 Å². The van der Waals surface area contributed by atoms with E-state index in [9.17, 15) is 13.2 Å². The van der Waals surface area contributed by atoms with Gasteiger partial charge in [0.05, 0.1) is 0 Å². The Morgan fingerprint density at radius 1 is 1.31 bits per heavy atom. The van der Waals surface area contributed by atoms with Crippen LogP contribution in [0.2, 0.25) is 0 Å². The molecule has 136 valence electrons. The van der Waals surface area contributed by atoms with Crippen molar-refractivity contribution in [3.8, 4) is 23.0 Å². The summed E-state index contributed by atoms with van der Waals surface area (Å²) in [5.74, 6) is 5.74. The quantitative estimate of drug-likeness (QED) is 0.801. The highest BCUT2D eigenvalue weighted by Gasteiger charge is 2.49. The van der Waals surface area contributed by atoms with Crippen LogP contribution in [0.3, 0.4) is 0 Å². The Morgan fingerprint density at radius 2 is 2.08 bits per heavy atom. The number of pyridine rings is 1. The number of hydrogen-bond acceptors (Lipinski definition) is 5. The average Bonchev–Trinajstić information content (AvgIpc) is 3.05. The molecule has 8 heteroatoms. The van der Waals surface area contributed by atoms with E-state index < -0.39 is 23.8 Å². The zero-order valence-corrected chi connectivity index (χ0v) is 14.9. The van der Waals surface area contributed by atoms with Crippen molar-refractivity contribution in [1.82, 2.24) is 4.98 Å². The lowest BCUT2D eigenvalue weighted by Crippen LogP contribution is -2.45. The number of nitrogens with zero attached hydrogens (tertiary/aromatic N) is 2. The number of thiophene rings is 1. The summed E-state index contributed by atoms with van der Waals surface area (Å²) in [4.78, 5) is 8.99. The van der Waals surface area contributed by atoms with Crippen LogP contribution < -0.4 is 5.73 Å². The number of aliphatic imine (C=N–C) groups is 1. The van der Waals surface area contributed by atoms with Crippen LogP contribution >= 0.6 is 11.3 Å². The molecular weight excluding hydrogens is 363 g/mol. The van der Waals surface area contributed by atoms with Crippen molar-refractivity contribution >= 4 is 17.4 Å². The van der Waals surface area contributed by atoms with Crippen molar-refractivity contribution < 1.29 is 17.9 Å². The van der Waals surface area contributed by atoms with E-state index in [1.165, 1.54) is 11.3 Å². The minimum Gasteiger partial charge on any atom is -0.452 e. The molecule has 2 aromatic heterocycles. The van der Waals surface area contributed by atoms with Gasteiger partial charge in [0.2, 0.25) is 0 Å². The summed E-state index contributed by atoms with van der Waals surface area (Å²) in [7, 11) is 0. The van der Waals surface area contributed by atoms with Gasteiger partial charge in [0.25, 0.3) is 6.02 Å². The molecule has 4 nitrogen and oxygen atoms in total. The molecule has 3 rings (SSSR count). The Balaban J connectivity index is 1.94. The van der Waals surface area contributed by atoms with Crippen LogP contribution in [0.25, 0.3) is 11.1 Å². The predicted molar refractivity (Wildman–Crippen MR) is 94.6 cm³/mol. The molecule has 2 N–H and O–H groups in total. The Labute approximate surface area is 152 Å². The molecule has 2 aromatic rings. The van der Waals surface area contributed by atoms with Crippen LogP contribution in [0.4, 0.5) is 13.2 Å². The molecule has 0 spiro atoms. The highest BCUT2D eigenvalue weighted by Crippen LogP contribution is 2.43. The average molecular weight is 379 g/mol. The first-order valence-electron chi connectivity index (χ1n) is 7.77.